The first-order valence-electron chi connectivity index (χ1n) is 8.88. The van der Waals surface area contributed by atoms with Gasteiger partial charge in [-0.3, -0.25) is 4.79 Å². The van der Waals surface area contributed by atoms with Crippen LogP contribution in [-0.4, -0.2) is 25.1 Å². The molecule has 0 radical (unpaired) electrons. The van der Waals surface area contributed by atoms with Gasteiger partial charge in [0, 0.05) is 24.5 Å². The molecule has 0 aliphatic carbocycles. The summed E-state index contributed by atoms with van der Waals surface area (Å²) in [5.41, 5.74) is 3.56. The number of anilines is 2. The van der Waals surface area contributed by atoms with Crippen molar-refractivity contribution < 1.29 is 14.3 Å². The Balaban J connectivity index is 1.61. The maximum atomic E-state index is 12.3. The molecule has 0 saturated heterocycles. The van der Waals surface area contributed by atoms with Crippen LogP contribution in [0, 0.1) is 6.92 Å². The van der Waals surface area contributed by atoms with E-state index in [-0.39, 0.29) is 5.91 Å². The van der Waals surface area contributed by atoms with Gasteiger partial charge in [-0.2, -0.15) is 0 Å². The van der Waals surface area contributed by atoms with Crippen LogP contribution in [0.25, 0.3) is 0 Å². The lowest BCUT2D eigenvalue weighted by atomic mass is 10.1. The van der Waals surface area contributed by atoms with Gasteiger partial charge in [0.15, 0.2) is 11.5 Å². The fraction of sp³-hybridized carbons (Fsp3) is 0.182. The van der Waals surface area contributed by atoms with Gasteiger partial charge in [-0.25, -0.2) is 4.98 Å². The Morgan fingerprint density at radius 1 is 0.964 bits per heavy atom. The highest BCUT2D eigenvalue weighted by atomic mass is 16.5. The van der Waals surface area contributed by atoms with E-state index in [1.165, 1.54) is 5.56 Å². The summed E-state index contributed by atoms with van der Waals surface area (Å²) in [5.74, 6) is 1.74. The number of hydrogen-bond donors (Lipinski definition) is 2. The number of pyridine rings is 1. The van der Waals surface area contributed by atoms with E-state index in [9.17, 15) is 4.79 Å². The zero-order valence-electron chi connectivity index (χ0n) is 16.2. The Labute approximate surface area is 164 Å². The number of hydrogen-bond acceptors (Lipinski definition) is 5. The lowest BCUT2D eigenvalue weighted by Crippen LogP contribution is -2.22. The van der Waals surface area contributed by atoms with Crippen LogP contribution < -0.4 is 20.1 Å². The topological polar surface area (TPSA) is 72.5 Å². The second-order valence-electron chi connectivity index (χ2n) is 6.30. The summed E-state index contributed by atoms with van der Waals surface area (Å²) >= 11 is 0. The average Bonchev–Trinajstić information content (AvgIpc) is 2.73. The zero-order chi connectivity index (χ0) is 19.9. The summed E-state index contributed by atoms with van der Waals surface area (Å²) in [4.78, 5) is 16.6. The van der Waals surface area contributed by atoms with Crippen LogP contribution in [-0.2, 0) is 6.54 Å². The molecule has 144 valence electrons. The fourth-order valence-corrected chi connectivity index (χ4v) is 2.65. The van der Waals surface area contributed by atoms with E-state index in [0.717, 1.165) is 11.3 Å². The third kappa shape index (κ3) is 4.79. The van der Waals surface area contributed by atoms with Gasteiger partial charge >= 0.3 is 0 Å². The van der Waals surface area contributed by atoms with E-state index in [1.54, 1.807) is 32.5 Å². The molecule has 1 aromatic heterocycles. The van der Waals surface area contributed by atoms with Crippen molar-refractivity contribution in [3.05, 3.63) is 77.5 Å². The van der Waals surface area contributed by atoms with Crippen molar-refractivity contribution in [2.24, 2.45) is 0 Å². The summed E-state index contributed by atoms with van der Waals surface area (Å²) in [7, 11) is 3.18. The average molecular weight is 377 g/mol. The molecule has 28 heavy (non-hydrogen) atoms. The van der Waals surface area contributed by atoms with Gasteiger partial charge in [-0.05, 0) is 36.8 Å². The Bertz CT molecular complexity index is 938. The van der Waals surface area contributed by atoms with Crippen LogP contribution in [0.5, 0.6) is 11.5 Å². The SMILES string of the molecule is COc1ccc(Nc2ccc(C(=O)NCc3ccc(C)cc3)cn2)cc1OC. The van der Waals surface area contributed by atoms with Gasteiger partial charge in [0.1, 0.15) is 5.82 Å². The van der Waals surface area contributed by atoms with E-state index in [4.69, 9.17) is 9.47 Å². The lowest BCUT2D eigenvalue weighted by Gasteiger charge is -2.11. The first-order valence-corrected chi connectivity index (χ1v) is 8.88. The van der Waals surface area contributed by atoms with Gasteiger partial charge in [-0.1, -0.05) is 29.8 Å². The highest BCUT2D eigenvalue weighted by Gasteiger charge is 2.08. The molecule has 0 aliphatic rings. The Hall–Kier alpha value is -3.54. The van der Waals surface area contributed by atoms with Crippen molar-refractivity contribution in [2.45, 2.75) is 13.5 Å². The predicted octanol–water partition coefficient (Wildman–Crippen LogP) is 4.08. The van der Waals surface area contributed by atoms with Crippen molar-refractivity contribution in [3.63, 3.8) is 0 Å². The maximum Gasteiger partial charge on any atom is 0.253 e. The largest absolute Gasteiger partial charge is 0.493 e. The second-order valence-corrected chi connectivity index (χ2v) is 6.30. The van der Waals surface area contributed by atoms with Crippen molar-refractivity contribution in [1.82, 2.24) is 10.3 Å². The maximum absolute atomic E-state index is 12.3. The number of carbonyl (C=O) groups excluding carboxylic acids is 1. The third-order valence-corrected chi connectivity index (χ3v) is 4.26. The highest BCUT2D eigenvalue weighted by molar-refractivity contribution is 5.94. The molecule has 0 fully saturated rings. The molecular formula is C22H23N3O3. The van der Waals surface area contributed by atoms with E-state index in [0.29, 0.717) is 29.4 Å². The van der Waals surface area contributed by atoms with Crippen LogP contribution in [0.3, 0.4) is 0 Å². The molecule has 1 heterocycles. The lowest BCUT2D eigenvalue weighted by molar-refractivity contribution is 0.0950. The van der Waals surface area contributed by atoms with Gasteiger partial charge in [-0.15, -0.1) is 0 Å². The molecule has 3 aromatic rings. The van der Waals surface area contributed by atoms with E-state index >= 15 is 0 Å². The second kappa shape index (κ2) is 8.90. The molecule has 0 unspecified atom stereocenters. The first kappa shape index (κ1) is 19.2. The Morgan fingerprint density at radius 3 is 2.36 bits per heavy atom. The molecule has 1 amide bonds. The van der Waals surface area contributed by atoms with Crippen molar-refractivity contribution in [1.29, 1.82) is 0 Å². The number of rotatable bonds is 7. The highest BCUT2D eigenvalue weighted by Crippen LogP contribution is 2.30. The Kier molecular flexibility index (Phi) is 6.11. The van der Waals surface area contributed by atoms with Crippen molar-refractivity contribution in [2.75, 3.05) is 19.5 Å². The summed E-state index contributed by atoms with van der Waals surface area (Å²) in [5, 5.41) is 6.08. The predicted molar refractivity (Wildman–Crippen MR) is 109 cm³/mol. The molecule has 0 aliphatic heterocycles. The molecule has 2 aromatic carbocycles. The first-order chi connectivity index (χ1) is 13.6. The number of carbonyl (C=O) groups is 1. The molecule has 2 N–H and O–H groups in total. The fourth-order valence-electron chi connectivity index (χ4n) is 2.65. The third-order valence-electron chi connectivity index (χ3n) is 4.26. The molecule has 0 bridgehead atoms. The molecular weight excluding hydrogens is 354 g/mol. The zero-order valence-corrected chi connectivity index (χ0v) is 16.2. The minimum Gasteiger partial charge on any atom is -0.493 e. The summed E-state index contributed by atoms with van der Waals surface area (Å²) in [6.07, 6.45) is 1.55. The van der Waals surface area contributed by atoms with Gasteiger partial charge in [0.05, 0.1) is 19.8 Å². The van der Waals surface area contributed by atoms with Crippen LogP contribution in [0.2, 0.25) is 0 Å². The van der Waals surface area contributed by atoms with E-state index in [1.807, 2.05) is 49.4 Å². The monoisotopic (exact) mass is 377 g/mol. The molecule has 3 rings (SSSR count). The summed E-state index contributed by atoms with van der Waals surface area (Å²) < 4.78 is 10.5. The summed E-state index contributed by atoms with van der Waals surface area (Å²) in [6, 6.07) is 17.1. The van der Waals surface area contributed by atoms with Crippen molar-refractivity contribution in [3.8, 4) is 11.5 Å². The minimum atomic E-state index is -0.161. The van der Waals surface area contributed by atoms with Crippen LogP contribution in [0.4, 0.5) is 11.5 Å². The number of methoxy groups -OCH3 is 2. The number of benzene rings is 2. The number of ether oxygens (including phenoxy) is 2. The number of nitrogens with one attached hydrogen (secondary N) is 2. The number of nitrogens with zero attached hydrogens (tertiary/aromatic N) is 1. The molecule has 0 saturated carbocycles. The minimum absolute atomic E-state index is 0.161. The molecule has 0 atom stereocenters. The molecule has 6 nitrogen and oxygen atoms in total. The molecule has 0 spiro atoms. The van der Waals surface area contributed by atoms with Gasteiger partial charge in [0.2, 0.25) is 0 Å². The van der Waals surface area contributed by atoms with Crippen LogP contribution in [0.15, 0.2) is 60.8 Å². The van der Waals surface area contributed by atoms with Gasteiger partial charge < -0.3 is 20.1 Å². The van der Waals surface area contributed by atoms with Crippen LogP contribution >= 0.6 is 0 Å². The van der Waals surface area contributed by atoms with E-state index in [2.05, 4.69) is 15.6 Å². The van der Waals surface area contributed by atoms with Gasteiger partial charge in [0.25, 0.3) is 5.91 Å². The smallest absolute Gasteiger partial charge is 0.253 e. The van der Waals surface area contributed by atoms with Crippen LogP contribution in [0.1, 0.15) is 21.5 Å². The number of aromatic nitrogens is 1. The Morgan fingerprint density at radius 2 is 1.71 bits per heavy atom. The molecule has 6 heteroatoms. The quantitative estimate of drug-likeness (QED) is 0.649. The summed E-state index contributed by atoms with van der Waals surface area (Å²) in [6.45, 7) is 2.51. The standard InChI is InChI=1S/C22H23N3O3/c1-15-4-6-16(7-5-15)13-24-22(26)17-8-11-21(23-14-17)25-18-9-10-19(27-2)20(12-18)28-3/h4-12,14H,13H2,1-3H3,(H,23,25)(H,24,26). The number of amides is 1. The normalized spacial score (nSPS) is 10.2. The van der Waals surface area contributed by atoms with E-state index < -0.39 is 0 Å². The van der Waals surface area contributed by atoms with Crippen molar-refractivity contribution >= 4 is 17.4 Å². The number of aryl methyl sites for hydroxylation is 1.